The fourth-order valence-corrected chi connectivity index (χ4v) is 4.15. The number of nitrogens with zero attached hydrogens (tertiary/aromatic N) is 2. The van der Waals surface area contributed by atoms with Crippen LogP contribution in [0.25, 0.3) is 5.76 Å². The lowest BCUT2D eigenvalue weighted by atomic mass is 9.94. The number of aromatic hydroxyl groups is 1. The smallest absolute Gasteiger partial charge is 0.337 e. The topological polar surface area (TPSA) is 107 Å². The summed E-state index contributed by atoms with van der Waals surface area (Å²) in [4.78, 5) is 41.6. The predicted molar refractivity (Wildman–Crippen MR) is 127 cm³/mol. The molecular formula is C26H30N2O6. The number of benzene rings is 2. The van der Waals surface area contributed by atoms with Gasteiger partial charge in [-0.2, -0.15) is 0 Å². The molecule has 1 amide bonds. The zero-order valence-electron chi connectivity index (χ0n) is 19.9. The van der Waals surface area contributed by atoms with Crippen LogP contribution in [0.15, 0.2) is 48.0 Å². The Hall–Kier alpha value is -3.65. The second-order valence-electron chi connectivity index (χ2n) is 8.15. The fourth-order valence-electron chi connectivity index (χ4n) is 4.15. The van der Waals surface area contributed by atoms with Gasteiger partial charge in [-0.3, -0.25) is 9.59 Å². The summed E-state index contributed by atoms with van der Waals surface area (Å²) >= 11 is 0. The van der Waals surface area contributed by atoms with E-state index in [1.807, 2.05) is 13.8 Å². The van der Waals surface area contributed by atoms with Crippen molar-refractivity contribution in [3.63, 3.8) is 0 Å². The van der Waals surface area contributed by atoms with E-state index in [9.17, 15) is 24.6 Å². The highest BCUT2D eigenvalue weighted by atomic mass is 16.5. The lowest BCUT2D eigenvalue weighted by Gasteiger charge is -2.28. The summed E-state index contributed by atoms with van der Waals surface area (Å²) < 4.78 is 4.75. The molecule has 3 rings (SSSR count). The van der Waals surface area contributed by atoms with E-state index in [0.717, 1.165) is 18.7 Å². The number of aliphatic hydroxyl groups excluding tert-OH is 1. The first-order chi connectivity index (χ1) is 16.2. The fraction of sp³-hybridized carbons (Fsp3) is 0.346. The molecule has 0 aliphatic carbocycles. The quantitative estimate of drug-likeness (QED) is 0.266. The van der Waals surface area contributed by atoms with E-state index in [1.165, 1.54) is 18.1 Å². The minimum Gasteiger partial charge on any atom is -0.507 e. The van der Waals surface area contributed by atoms with Crippen LogP contribution in [-0.4, -0.2) is 71.0 Å². The molecular weight excluding hydrogens is 436 g/mol. The van der Waals surface area contributed by atoms with Gasteiger partial charge in [-0.15, -0.1) is 0 Å². The van der Waals surface area contributed by atoms with Crippen LogP contribution in [0.5, 0.6) is 5.75 Å². The van der Waals surface area contributed by atoms with Crippen LogP contribution in [0, 0.1) is 6.92 Å². The maximum absolute atomic E-state index is 13.1. The molecule has 1 saturated heterocycles. The van der Waals surface area contributed by atoms with Gasteiger partial charge in [0.2, 0.25) is 0 Å². The van der Waals surface area contributed by atoms with Gasteiger partial charge in [-0.25, -0.2) is 4.79 Å². The van der Waals surface area contributed by atoms with Crippen molar-refractivity contribution in [3.05, 3.63) is 70.3 Å². The molecule has 0 radical (unpaired) electrons. The molecule has 1 unspecified atom stereocenters. The number of phenolic OH excluding ortho intramolecular Hbond substituents is 1. The highest BCUT2D eigenvalue weighted by Crippen LogP contribution is 2.40. The molecule has 2 aromatic carbocycles. The van der Waals surface area contributed by atoms with Crippen molar-refractivity contribution < 1.29 is 29.3 Å². The molecule has 1 heterocycles. The van der Waals surface area contributed by atoms with Gasteiger partial charge in [-0.05, 0) is 49.8 Å². The molecule has 180 valence electrons. The van der Waals surface area contributed by atoms with Crippen molar-refractivity contribution in [2.24, 2.45) is 0 Å². The number of likely N-dealkylation sites (tertiary alicyclic amines) is 1. The molecule has 1 aliphatic rings. The minimum absolute atomic E-state index is 0.0814. The van der Waals surface area contributed by atoms with E-state index in [0.29, 0.717) is 17.7 Å². The number of carbonyl (C=O) groups is 3. The monoisotopic (exact) mass is 466 g/mol. The van der Waals surface area contributed by atoms with Crippen molar-refractivity contribution in [1.82, 2.24) is 9.80 Å². The van der Waals surface area contributed by atoms with Crippen LogP contribution < -0.4 is 0 Å². The number of ether oxygens (including phenoxy) is 1. The summed E-state index contributed by atoms with van der Waals surface area (Å²) in [7, 11) is 1.28. The minimum atomic E-state index is -0.873. The molecule has 1 atom stereocenters. The number of likely N-dealkylation sites (N-methyl/N-ethyl adjacent to an activating group) is 1. The van der Waals surface area contributed by atoms with Crippen LogP contribution in [0.3, 0.4) is 0 Å². The molecule has 0 saturated carbocycles. The standard InChI is InChI=1S/C26H30N2O6/c1-5-27(6-2)13-14-28-22(17-8-10-18(11-9-17)26(33)34-4)21(24(31)25(28)32)23(30)19-15-16(3)7-12-20(19)29/h7-12,15,22,29-30H,5-6,13-14H2,1-4H3/b23-21+. The summed E-state index contributed by atoms with van der Waals surface area (Å²) in [6.45, 7) is 8.22. The van der Waals surface area contributed by atoms with Gasteiger partial charge in [-0.1, -0.05) is 37.6 Å². The Bertz CT molecular complexity index is 1120. The molecule has 1 aliphatic heterocycles. The number of ketones is 1. The first kappa shape index (κ1) is 25.0. The maximum atomic E-state index is 13.1. The lowest BCUT2D eigenvalue weighted by Crippen LogP contribution is -2.38. The van der Waals surface area contributed by atoms with Gasteiger partial charge < -0.3 is 24.7 Å². The van der Waals surface area contributed by atoms with Crippen molar-refractivity contribution in [2.75, 3.05) is 33.3 Å². The number of rotatable bonds is 8. The van der Waals surface area contributed by atoms with E-state index < -0.39 is 29.5 Å². The Morgan fingerprint density at radius 3 is 2.32 bits per heavy atom. The van der Waals surface area contributed by atoms with Gasteiger partial charge in [0.1, 0.15) is 11.5 Å². The van der Waals surface area contributed by atoms with Gasteiger partial charge in [0.05, 0.1) is 29.9 Å². The number of hydrogen-bond acceptors (Lipinski definition) is 7. The van der Waals surface area contributed by atoms with Gasteiger partial charge in [0.15, 0.2) is 0 Å². The number of amides is 1. The van der Waals surface area contributed by atoms with Crippen LogP contribution in [-0.2, 0) is 14.3 Å². The normalized spacial score (nSPS) is 17.4. The average Bonchev–Trinajstić information content (AvgIpc) is 3.10. The second kappa shape index (κ2) is 10.5. The summed E-state index contributed by atoms with van der Waals surface area (Å²) in [5.41, 5.74) is 1.63. The predicted octanol–water partition coefficient (Wildman–Crippen LogP) is 3.25. The molecule has 0 bridgehead atoms. The molecule has 0 spiro atoms. The largest absolute Gasteiger partial charge is 0.507 e. The van der Waals surface area contributed by atoms with Crippen molar-refractivity contribution in [2.45, 2.75) is 26.8 Å². The third-order valence-corrected chi connectivity index (χ3v) is 6.15. The number of esters is 1. The molecule has 2 aromatic rings. The van der Waals surface area contributed by atoms with E-state index >= 15 is 0 Å². The van der Waals surface area contributed by atoms with E-state index in [2.05, 4.69) is 4.90 Å². The summed E-state index contributed by atoms with van der Waals surface area (Å²) in [6.07, 6.45) is 0. The van der Waals surface area contributed by atoms with E-state index in [1.54, 1.807) is 43.3 Å². The number of methoxy groups -OCH3 is 1. The van der Waals surface area contributed by atoms with Crippen LogP contribution in [0.2, 0.25) is 0 Å². The van der Waals surface area contributed by atoms with Gasteiger partial charge in [0, 0.05) is 13.1 Å². The lowest BCUT2D eigenvalue weighted by molar-refractivity contribution is -0.140. The summed E-state index contributed by atoms with van der Waals surface area (Å²) in [5, 5.41) is 21.5. The summed E-state index contributed by atoms with van der Waals surface area (Å²) in [6, 6.07) is 10.2. The van der Waals surface area contributed by atoms with Gasteiger partial charge in [0.25, 0.3) is 11.7 Å². The highest BCUT2D eigenvalue weighted by molar-refractivity contribution is 6.46. The second-order valence-corrected chi connectivity index (χ2v) is 8.15. The molecule has 2 N–H and O–H groups in total. The Labute approximate surface area is 199 Å². The van der Waals surface area contributed by atoms with E-state index in [-0.39, 0.29) is 23.4 Å². The van der Waals surface area contributed by atoms with Crippen LogP contribution >= 0.6 is 0 Å². The van der Waals surface area contributed by atoms with Crippen molar-refractivity contribution in [3.8, 4) is 5.75 Å². The Morgan fingerprint density at radius 1 is 1.09 bits per heavy atom. The van der Waals surface area contributed by atoms with E-state index in [4.69, 9.17) is 4.74 Å². The third kappa shape index (κ3) is 4.82. The number of carbonyl (C=O) groups excluding carboxylic acids is 3. The molecule has 34 heavy (non-hydrogen) atoms. The van der Waals surface area contributed by atoms with Crippen molar-refractivity contribution >= 4 is 23.4 Å². The molecule has 8 heteroatoms. The average molecular weight is 467 g/mol. The van der Waals surface area contributed by atoms with Gasteiger partial charge >= 0.3 is 5.97 Å². The zero-order valence-corrected chi connectivity index (χ0v) is 19.9. The third-order valence-electron chi connectivity index (χ3n) is 6.15. The highest BCUT2D eigenvalue weighted by Gasteiger charge is 2.46. The van der Waals surface area contributed by atoms with Crippen LogP contribution in [0.4, 0.5) is 0 Å². The van der Waals surface area contributed by atoms with Crippen LogP contribution in [0.1, 0.15) is 46.9 Å². The number of hydrogen-bond donors (Lipinski definition) is 2. The molecule has 0 aromatic heterocycles. The first-order valence-corrected chi connectivity index (χ1v) is 11.2. The summed E-state index contributed by atoms with van der Waals surface area (Å²) in [5.74, 6) is -2.68. The Balaban J connectivity index is 2.14. The first-order valence-electron chi connectivity index (χ1n) is 11.2. The molecule has 1 fully saturated rings. The molecule has 8 nitrogen and oxygen atoms in total. The number of aryl methyl sites for hydroxylation is 1. The zero-order chi connectivity index (χ0) is 25.0. The Kier molecular flexibility index (Phi) is 7.73. The number of Topliss-reactive ketones (excluding diaryl/α,β-unsaturated/α-hetero) is 1. The maximum Gasteiger partial charge on any atom is 0.337 e. The number of aliphatic hydroxyl groups is 1. The SMILES string of the molecule is CCN(CC)CCN1C(=O)C(=O)/C(=C(/O)c2cc(C)ccc2O)C1c1ccc(C(=O)OC)cc1. The van der Waals surface area contributed by atoms with Crippen molar-refractivity contribution in [1.29, 1.82) is 0 Å². The Morgan fingerprint density at radius 2 is 1.74 bits per heavy atom. The number of phenols is 1.